The fourth-order valence-electron chi connectivity index (χ4n) is 3.25. The summed E-state index contributed by atoms with van der Waals surface area (Å²) < 4.78 is 5.89. The van der Waals surface area contributed by atoms with Gasteiger partial charge in [-0.1, -0.05) is 30.3 Å². The molecule has 1 heterocycles. The smallest absolute Gasteiger partial charge is 0.229 e. The monoisotopic (exact) mass is 381 g/mol. The van der Waals surface area contributed by atoms with Crippen LogP contribution in [0.5, 0.6) is 11.5 Å². The highest BCUT2D eigenvalue weighted by Gasteiger charge is 2.34. The summed E-state index contributed by atoms with van der Waals surface area (Å²) in [5, 5.41) is 2.94. The molecule has 2 aromatic rings. The van der Waals surface area contributed by atoms with Crippen molar-refractivity contribution in [2.45, 2.75) is 12.8 Å². The van der Waals surface area contributed by atoms with Gasteiger partial charge >= 0.3 is 0 Å². The van der Waals surface area contributed by atoms with E-state index >= 15 is 0 Å². The minimum atomic E-state index is -0.336. The fraction of sp³-hybridized carbons (Fsp3) is 0.364. The number of benzene rings is 2. The quantitative estimate of drug-likeness (QED) is 0.763. The van der Waals surface area contributed by atoms with Crippen molar-refractivity contribution in [3.63, 3.8) is 0 Å². The van der Waals surface area contributed by atoms with Gasteiger partial charge in [-0.2, -0.15) is 0 Å². The lowest BCUT2D eigenvalue weighted by Gasteiger charge is -2.18. The lowest BCUT2D eigenvalue weighted by Crippen LogP contribution is -2.30. The average Bonchev–Trinajstić information content (AvgIpc) is 3.05. The predicted molar refractivity (Wildman–Crippen MR) is 109 cm³/mol. The number of carbonyl (C=O) groups is 2. The van der Waals surface area contributed by atoms with Crippen LogP contribution in [0, 0.1) is 5.92 Å². The van der Waals surface area contributed by atoms with E-state index in [1.165, 1.54) is 0 Å². The highest BCUT2D eigenvalue weighted by Crippen LogP contribution is 2.30. The number of nitrogens with one attached hydrogen (secondary N) is 1. The highest BCUT2D eigenvalue weighted by atomic mass is 16.5. The van der Waals surface area contributed by atoms with Gasteiger partial charge in [-0.15, -0.1) is 0 Å². The highest BCUT2D eigenvalue weighted by molar-refractivity contribution is 5.98. The average molecular weight is 381 g/mol. The summed E-state index contributed by atoms with van der Waals surface area (Å²) in [5.41, 5.74) is 0.606. The number of hydrogen-bond acceptors (Lipinski definition) is 4. The van der Waals surface area contributed by atoms with E-state index in [2.05, 4.69) is 10.2 Å². The van der Waals surface area contributed by atoms with Gasteiger partial charge in [0.2, 0.25) is 11.8 Å². The molecule has 0 aliphatic carbocycles. The summed E-state index contributed by atoms with van der Waals surface area (Å²) in [6.45, 7) is 2.08. The Labute approximate surface area is 166 Å². The van der Waals surface area contributed by atoms with Crippen LogP contribution >= 0.6 is 0 Å². The van der Waals surface area contributed by atoms with Crippen LogP contribution in [0.3, 0.4) is 0 Å². The number of amides is 2. The minimum absolute atomic E-state index is 0.0488. The van der Waals surface area contributed by atoms with Crippen molar-refractivity contribution >= 4 is 17.5 Å². The maximum Gasteiger partial charge on any atom is 0.229 e. The Kier molecular flexibility index (Phi) is 6.66. The van der Waals surface area contributed by atoms with Crippen LogP contribution in [0.4, 0.5) is 5.69 Å². The molecule has 1 aliphatic rings. The zero-order chi connectivity index (χ0) is 19.9. The van der Waals surface area contributed by atoms with E-state index in [1.54, 1.807) is 4.90 Å². The maximum atomic E-state index is 12.7. The lowest BCUT2D eigenvalue weighted by molar-refractivity contribution is -0.128. The van der Waals surface area contributed by atoms with E-state index in [0.717, 1.165) is 13.0 Å². The van der Waals surface area contributed by atoms with Gasteiger partial charge in [0.1, 0.15) is 5.75 Å². The van der Waals surface area contributed by atoms with Gasteiger partial charge in [0.05, 0.1) is 11.6 Å². The molecular formula is C22H27N3O3. The molecule has 1 aliphatic heterocycles. The maximum absolute atomic E-state index is 12.7. The number of ether oxygens (including phenoxy) is 1. The molecule has 3 rings (SSSR count). The number of likely N-dealkylation sites (tertiary alicyclic amines) is 1. The summed E-state index contributed by atoms with van der Waals surface area (Å²) >= 11 is 0. The topological polar surface area (TPSA) is 61.9 Å². The van der Waals surface area contributed by atoms with Crippen LogP contribution in [-0.4, -0.2) is 55.3 Å². The lowest BCUT2D eigenvalue weighted by atomic mass is 10.1. The molecule has 6 heteroatoms. The number of nitrogens with zero attached hydrogens (tertiary/aromatic N) is 2. The van der Waals surface area contributed by atoms with E-state index < -0.39 is 0 Å². The van der Waals surface area contributed by atoms with Crippen molar-refractivity contribution in [1.29, 1.82) is 0 Å². The van der Waals surface area contributed by atoms with Gasteiger partial charge in [0, 0.05) is 19.5 Å². The van der Waals surface area contributed by atoms with Gasteiger partial charge in [-0.05, 0) is 51.3 Å². The normalized spacial score (nSPS) is 16.5. The van der Waals surface area contributed by atoms with Gasteiger partial charge in [-0.25, -0.2) is 0 Å². The Morgan fingerprint density at radius 2 is 1.86 bits per heavy atom. The Balaban J connectivity index is 1.60. The molecule has 6 nitrogen and oxygen atoms in total. The Morgan fingerprint density at radius 3 is 2.61 bits per heavy atom. The molecule has 1 fully saturated rings. The first-order valence-electron chi connectivity index (χ1n) is 9.58. The second-order valence-corrected chi connectivity index (χ2v) is 7.30. The first-order valence-corrected chi connectivity index (χ1v) is 9.58. The molecule has 0 bridgehead atoms. The van der Waals surface area contributed by atoms with Crippen LogP contribution < -0.4 is 10.1 Å². The zero-order valence-electron chi connectivity index (χ0n) is 16.4. The SMILES string of the molecule is CN(C)CCCN1CC(C(=O)Nc2ccccc2Oc2ccccc2)CC1=O. The van der Waals surface area contributed by atoms with Crippen LogP contribution in [0.2, 0.25) is 0 Å². The van der Waals surface area contributed by atoms with E-state index in [-0.39, 0.29) is 24.2 Å². The van der Waals surface area contributed by atoms with Crippen LogP contribution in [-0.2, 0) is 9.59 Å². The second-order valence-electron chi connectivity index (χ2n) is 7.30. The van der Waals surface area contributed by atoms with E-state index in [4.69, 9.17) is 4.74 Å². The number of carbonyl (C=O) groups excluding carboxylic acids is 2. The van der Waals surface area contributed by atoms with Gasteiger partial charge in [0.25, 0.3) is 0 Å². The molecule has 2 aromatic carbocycles. The van der Waals surface area contributed by atoms with Gasteiger partial charge in [0.15, 0.2) is 5.75 Å². The van der Waals surface area contributed by atoms with Crippen LogP contribution in [0.25, 0.3) is 0 Å². The number of anilines is 1. The standard InChI is InChI=1S/C22H27N3O3/c1-24(2)13-8-14-25-16-17(15-21(25)26)22(27)23-19-11-6-7-12-20(19)28-18-9-4-3-5-10-18/h3-7,9-12,17H,8,13-16H2,1-2H3,(H,23,27). The van der Waals surface area contributed by atoms with Crippen molar-refractivity contribution in [1.82, 2.24) is 9.80 Å². The summed E-state index contributed by atoms with van der Waals surface area (Å²) in [6, 6.07) is 16.8. The third kappa shape index (κ3) is 5.33. The van der Waals surface area contributed by atoms with Crippen molar-refractivity contribution in [2.75, 3.05) is 39.0 Å². The Morgan fingerprint density at radius 1 is 1.14 bits per heavy atom. The van der Waals surface area contributed by atoms with Crippen LogP contribution in [0.1, 0.15) is 12.8 Å². The van der Waals surface area contributed by atoms with Crippen molar-refractivity contribution < 1.29 is 14.3 Å². The number of rotatable bonds is 8. The molecule has 1 saturated heterocycles. The second kappa shape index (κ2) is 9.37. The van der Waals surface area contributed by atoms with Crippen LogP contribution in [0.15, 0.2) is 54.6 Å². The molecule has 2 amide bonds. The summed E-state index contributed by atoms with van der Waals surface area (Å²) in [6.07, 6.45) is 1.16. The number of para-hydroxylation sites is 3. The van der Waals surface area contributed by atoms with E-state index in [9.17, 15) is 9.59 Å². The summed E-state index contributed by atoms with van der Waals surface area (Å²) in [4.78, 5) is 28.9. The minimum Gasteiger partial charge on any atom is -0.455 e. The molecular weight excluding hydrogens is 354 g/mol. The molecule has 1 N–H and O–H groups in total. The van der Waals surface area contributed by atoms with Crippen molar-refractivity contribution in [3.05, 3.63) is 54.6 Å². The van der Waals surface area contributed by atoms with Crippen molar-refractivity contribution in [2.24, 2.45) is 5.92 Å². The molecule has 0 saturated carbocycles. The first-order chi connectivity index (χ1) is 13.5. The largest absolute Gasteiger partial charge is 0.455 e. The molecule has 0 spiro atoms. The summed E-state index contributed by atoms with van der Waals surface area (Å²) in [5.74, 6) is 0.846. The molecule has 0 radical (unpaired) electrons. The zero-order valence-corrected chi connectivity index (χ0v) is 16.4. The number of hydrogen-bond donors (Lipinski definition) is 1. The molecule has 1 unspecified atom stereocenters. The third-order valence-corrected chi connectivity index (χ3v) is 4.73. The van der Waals surface area contributed by atoms with E-state index in [1.807, 2.05) is 68.7 Å². The van der Waals surface area contributed by atoms with Crippen molar-refractivity contribution in [3.8, 4) is 11.5 Å². The molecule has 148 valence electrons. The Hall–Kier alpha value is -2.86. The van der Waals surface area contributed by atoms with E-state index in [0.29, 0.717) is 30.3 Å². The molecule has 1 atom stereocenters. The third-order valence-electron chi connectivity index (χ3n) is 4.73. The van der Waals surface area contributed by atoms with Gasteiger partial charge < -0.3 is 19.9 Å². The van der Waals surface area contributed by atoms with Gasteiger partial charge in [-0.3, -0.25) is 9.59 Å². The fourth-order valence-corrected chi connectivity index (χ4v) is 3.25. The molecule has 0 aromatic heterocycles. The summed E-state index contributed by atoms with van der Waals surface area (Å²) in [7, 11) is 4.02. The first kappa shape index (κ1) is 19.9. The Bertz CT molecular complexity index is 808. The predicted octanol–water partition coefficient (Wildman–Crippen LogP) is 3.22. The molecule has 28 heavy (non-hydrogen) atoms.